The topological polar surface area (TPSA) is 84.3 Å². The first kappa shape index (κ1) is 18.6. The second kappa shape index (κ2) is 6.86. The molecule has 1 saturated carbocycles. The van der Waals surface area contributed by atoms with E-state index in [2.05, 4.69) is 10.9 Å². The van der Waals surface area contributed by atoms with Gasteiger partial charge in [-0.25, -0.2) is 4.39 Å². The molecule has 2 atom stereocenters. The van der Waals surface area contributed by atoms with Gasteiger partial charge in [0.05, 0.1) is 10.5 Å². The lowest BCUT2D eigenvalue weighted by Crippen LogP contribution is -2.31. The lowest BCUT2D eigenvalue weighted by molar-refractivity contribution is -0.384. The van der Waals surface area contributed by atoms with Crippen LogP contribution in [0.1, 0.15) is 23.5 Å². The molecule has 27 heavy (non-hydrogen) atoms. The van der Waals surface area contributed by atoms with Gasteiger partial charge in [0, 0.05) is 12.0 Å². The summed E-state index contributed by atoms with van der Waals surface area (Å²) in [5.74, 6) is -1.79. The SMILES string of the molecule is O=C(NNc1ccc(C(F)(F)F)cc1[N+](=O)[O-])C1CC1c1ccccc1F. The van der Waals surface area contributed by atoms with Crippen LogP contribution in [-0.4, -0.2) is 10.8 Å². The molecule has 2 unspecified atom stereocenters. The van der Waals surface area contributed by atoms with Gasteiger partial charge in [0.1, 0.15) is 11.5 Å². The van der Waals surface area contributed by atoms with Crippen LogP contribution in [0.25, 0.3) is 0 Å². The third-order valence-electron chi connectivity index (χ3n) is 4.27. The molecule has 0 aromatic heterocycles. The summed E-state index contributed by atoms with van der Waals surface area (Å²) in [4.78, 5) is 22.2. The molecule has 0 heterocycles. The van der Waals surface area contributed by atoms with Gasteiger partial charge in [0.15, 0.2) is 0 Å². The Balaban J connectivity index is 1.68. The summed E-state index contributed by atoms with van der Waals surface area (Å²) >= 11 is 0. The lowest BCUT2D eigenvalue weighted by atomic mass is 10.1. The molecule has 0 saturated heterocycles. The van der Waals surface area contributed by atoms with E-state index in [-0.39, 0.29) is 11.6 Å². The number of carbonyl (C=O) groups is 1. The Bertz CT molecular complexity index is 901. The molecule has 10 heteroatoms. The minimum atomic E-state index is -4.73. The number of halogens is 4. The fraction of sp³-hybridized carbons (Fsp3) is 0.235. The van der Waals surface area contributed by atoms with Crippen molar-refractivity contribution < 1.29 is 27.3 Å². The van der Waals surface area contributed by atoms with Crippen LogP contribution in [-0.2, 0) is 11.0 Å². The van der Waals surface area contributed by atoms with E-state index in [0.29, 0.717) is 24.1 Å². The Morgan fingerprint density at radius 3 is 2.52 bits per heavy atom. The summed E-state index contributed by atoms with van der Waals surface area (Å²) in [6, 6.07) is 7.95. The van der Waals surface area contributed by atoms with Crippen molar-refractivity contribution in [1.29, 1.82) is 0 Å². The second-order valence-corrected chi connectivity index (χ2v) is 6.07. The molecule has 1 amide bonds. The van der Waals surface area contributed by atoms with Crippen LogP contribution in [0.15, 0.2) is 42.5 Å². The minimum Gasteiger partial charge on any atom is -0.292 e. The van der Waals surface area contributed by atoms with Crippen molar-refractivity contribution >= 4 is 17.3 Å². The zero-order valence-corrected chi connectivity index (χ0v) is 13.6. The number of nitro groups is 1. The molecular formula is C17H13F4N3O3. The van der Waals surface area contributed by atoms with E-state index in [0.717, 1.165) is 6.07 Å². The average molecular weight is 383 g/mol. The van der Waals surface area contributed by atoms with Crippen molar-refractivity contribution in [2.75, 3.05) is 5.43 Å². The highest BCUT2D eigenvalue weighted by atomic mass is 19.4. The molecule has 1 fully saturated rings. The van der Waals surface area contributed by atoms with Gasteiger partial charge in [-0.3, -0.25) is 25.8 Å². The van der Waals surface area contributed by atoms with Crippen molar-refractivity contribution in [2.45, 2.75) is 18.5 Å². The van der Waals surface area contributed by atoms with Gasteiger partial charge in [-0.05, 0) is 36.1 Å². The number of amides is 1. The third kappa shape index (κ3) is 3.99. The predicted molar refractivity (Wildman–Crippen MR) is 87.1 cm³/mol. The van der Waals surface area contributed by atoms with Crippen LogP contribution in [0.2, 0.25) is 0 Å². The van der Waals surface area contributed by atoms with Crippen LogP contribution in [0.5, 0.6) is 0 Å². The zero-order valence-electron chi connectivity index (χ0n) is 13.6. The van der Waals surface area contributed by atoms with E-state index in [1.165, 1.54) is 12.1 Å². The van der Waals surface area contributed by atoms with Crippen LogP contribution < -0.4 is 10.9 Å². The maximum absolute atomic E-state index is 13.7. The highest BCUT2D eigenvalue weighted by Crippen LogP contribution is 2.48. The summed E-state index contributed by atoms with van der Waals surface area (Å²) in [7, 11) is 0. The monoisotopic (exact) mass is 383 g/mol. The van der Waals surface area contributed by atoms with E-state index < -0.39 is 40.0 Å². The maximum atomic E-state index is 13.7. The molecule has 0 aliphatic heterocycles. The molecule has 0 radical (unpaired) electrons. The number of nitro benzene ring substituents is 1. The van der Waals surface area contributed by atoms with Gasteiger partial charge in [0.25, 0.3) is 5.69 Å². The number of nitrogens with zero attached hydrogens (tertiary/aromatic N) is 1. The normalized spacial score (nSPS) is 18.7. The number of nitrogens with one attached hydrogen (secondary N) is 2. The number of alkyl halides is 3. The summed E-state index contributed by atoms with van der Waals surface area (Å²) in [6.07, 6.45) is -4.32. The van der Waals surface area contributed by atoms with Gasteiger partial charge >= 0.3 is 6.18 Å². The summed E-state index contributed by atoms with van der Waals surface area (Å²) in [6.45, 7) is 0. The number of hydrogen-bond donors (Lipinski definition) is 2. The molecular weight excluding hydrogens is 370 g/mol. The smallest absolute Gasteiger partial charge is 0.292 e. The van der Waals surface area contributed by atoms with Crippen LogP contribution in [0, 0.1) is 21.8 Å². The quantitative estimate of drug-likeness (QED) is 0.464. The van der Waals surface area contributed by atoms with Crippen LogP contribution >= 0.6 is 0 Å². The number of benzene rings is 2. The number of carbonyl (C=O) groups excluding carboxylic acids is 1. The van der Waals surface area contributed by atoms with Gasteiger partial charge in [-0.2, -0.15) is 13.2 Å². The number of hydrazine groups is 1. The van der Waals surface area contributed by atoms with Crippen molar-refractivity contribution in [3.63, 3.8) is 0 Å². The van der Waals surface area contributed by atoms with Crippen LogP contribution in [0.4, 0.5) is 28.9 Å². The van der Waals surface area contributed by atoms with Crippen molar-refractivity contribution in [3.05, 3.63) is 69.5 Å². The second-order valence-electron chi connectivity index (χ2n) is 6.07. The molecule has 3 rings (SSSR count). The van der Waals surface area contributed by atoms with Gasteiger partial charge in [-0.1, -0.05) is 18.2 Å². The minimum absolute atomic E-state index is 0.288. The highest BCUT2D eigenvalue weighted by molar-refractivity contribution is 5.84. The Labute approximate surface area is 150 Å². The first-order valence-electron chi connectivity index (χ1n) is 7.84. The van der Waals surface area contributed by atoms with E-state index in [1.807, 2.05) is 0 Å². The fourth-order valence-electron chi connectivity index (χ4n) is 2.79. The molecule has 1 aliphatic carbocycles. The number of anilines is 1. The summed E-state index contributed by atoms with van der Waals surface area (Å²) < 4.78 is 51.8. The largest absolute Gasteiger partial charge is 0.416 e. The maximum Gasteiger partial charge on any atom is 0.416 e. The molecule has 0 bridgehead atoms. The Morgan fingerprint density at radius 2 is 1.89 bits per heavy atom. The summed E-state index contributed by atoms with van der Waals surface area (Å²) in [5.41, 5.74) is 2.63. The number of hydrogen-bond acceptors (Lipinski definition) is 4. The van der Waals surface area contributed by atoms with Crippen molar-refractivity contribution in [3.8, 4) is 0 Å². The molecule has 1 aliphatic rings. The standard InChI is InChI=1S/C17H13F4N3O3/c18-13-4-2-1-3-10(13)11-8-12(11)16(25)23-22-14-6-5-9(17(19,20)21)7-15(14)24(26)27/h1-7,11-12,22H,8H2,(H,23,25). The third-order valence-corrected chi connectivity index (χ3v) is 4.27. The molecule has 6 nitrogen and oxygen atoms in total. The Kier molecular flexibility index (Phi) is 4.73. The van der Waals surface area contributed by atoms with E-state index in [4.69, 9.17) is 0 Å². The molecule has 2 aromatic carbocycles. The Hall–Kier alpha value is -3.17. The highest BCUT2D eigenvalue weighted by Gasteiger charge is 2.45. The first-order chi connectivity index (χ1) is 12.7. The van der Waals surface area contributed by atoms with E-state index >= 15 is 0 Å². The fourth-order valence-corrected chi connectivity index (χ4v) is 2.79. The van der Waals surface area contributed by atoms with E-state index in [9.17, 15) is 32.5 Å². The van der Waals surface area contributed by atoms with Gasteiger partial charge < -0.3 is 0 Å². The van der Waals surface area contributed by atoms with Crippen molar-refractivity contribution in [1.82, 2.24) is 5.43 Å². The number of rotatable bonds is 5. The van der Waals surface area contributed by atoms with E-state index in [1.54, 1.807) is 12.1 Å². The van der Waals surface area contributed by atoms with Crippen LogP contribution in [0.3, 0.4) is 0 Å². The Morgan fingerprint density at radius 1 is 1.19 bits per heavy atom. The lowest BCUT2D eigenvalue weighted by Gasteiger charge is -2.11. The predicted octanol–water partition coefficient (Wildman–Crippen LogP) is 4.00. The molecule has 2 aromatic rings. The molecule has 142 valence electrons. The van der Waals surface area contributed by atoms with Gasteiger partial charge in [0.2, 0.25) is 5.91 Å². The first-order valence-corrected chi connectivity index (χ1v) is 7.84. The average Bonchev–Trinajstić information content (AvgIpc) is 3.39. The van der Waals surface area contributed by atoms with Crippen molar-refractivity contribution in [2.24, 2.45) is 5.92 Å². The van der Waals surface area contributed by atoms with Gasteiger partial charge in [-0.15, -0.1) is 0 Å². The summed E-state index contributed by atoms with van der Waals surface area (Å²) in [5, 5.41) is 11.0. The molecule has 2 N–H and O–H groups in total. The zero-order chi connectivity index (χ0) is 19.8. The molecule has 0 spiro atoms.